The molecule has 0 aromatic heterocycles. The minimum Gasteiger partial charge on any atom is -0.314 e. The Morgan fingerprint density at radius 3 is 1.82 bits per heavy atom. The maximum Gasteiger partial charge on any atom is 0.416 e. The van der Waals surface area contributed by atoms with Gasteiger partial charge in [-0.3, -0.25) is 4.90 Å². The molecule has 1 fully saturated rings. The van der Waals surface area contributed by atoms with Crippen LogP contribution in [0.3, 0.4) is 0 Å². The molecule has 0 bridgehead atoms. The zero-order valence-electron chi connectivity index (χ0n) is 15.5. The van der Waals surface area contributed by atoms with Gasteiger partial charge in [0.1, 0.15) is 0 Å². The lowest BCUT2D eigenvalue weighted by molar-refractivity contribution is -0.143. The normalized spacial score (nSPS) is 16.8. The quantitative estimate of drug-likeness (QED) is 0.412. The Kier molecular flexibility index (Phi) is 11.2. The number of halogens is 8. The molecule has 2 nitrogen and oxygen atoms in total. The summed E-state index contributed by atoms with van der Waals surface area (Å²) >= 11 is 0. The van der Waals surface area contributed by atoms with Gasteiger partial charge in [0, 0.05) is 32.2 Å². The Bertz CT molecular complexity index is 554. The van der Waals surface area contributed by atoms with Gasteiger partial charge in [0.05, 0.1) is 11.1 Å². The van der Waals surface area contributed by atoms with Gasteiger partial charge in [-0.05, 0) is 30.2 Å². The molecule has 2 rings (SSSR count). The number of nitrogens with one attached hydrogen (secondary N) is 1. The summed E-state index contributed by atoms with van der Waals surface area (Å²) in [6.07, 6.45) is -6.48. The van der Waals surface area contributed by atoms with Crippen LogP contribution in [0.2, 0.25) is 0 Å². The van der Waals surface area contributed by atoms with E-state index in [1.807, 2.05) is 11.8 Å². The third-order valence-electron chi connectivity index (χ3n) is 4.67. The minimum atomic E-state index is -4.81. The third kappa shape index (κ3) is 7.61. The lowest BCUT2D eigenvalue weighted by Crippen LogP contribution is -2.45. The highest BCUT2D eigenvalue weighted by Crippen LogP contribution is 2.39. The van der Waals surface area contributed by atoms with E-state index in [1.165, 1.54) is 0 Å². The molecule has 0 amide bonds. The molecule has 10 heteroatoms. The molecule has 1 aromatic carbocycles. The van der Waals surface area contributed by atoms with Crippen LogP contribution >= 0.6 is 24.8 Å². The molecule has 0 unspecified atom stereocenters. The predicted octanol–water partition coefficient (Wildman–Crippen LogP) is 6.09. The molecule has 1 saturated heterocycles. The summed E-state index contributed by atoms with van der Waals surface area (Å²) in [6.45, 7) is 4.57. The zero-order valence-corrected chi connectivity index (χ0v) is 17.1. The summed E-state index contributed by atoms with van der Waals surface area (Å²) in [5.74, 6) is 0. The molecule has 1 aliphatic rings. The van der Waals surface area contributed by atoms with E-state index in [4.69, 9.17) is 0 Å². The van der Waals surface area contributed by atoms with E-state index >= 15 is 0 Å². The SMILES string of the molecule is CCCCC[C@@H](c1cc(C(F)(F)F)cc(C(F)(F)F)c1)N1CCNCC1.Cl.Cl. The van der Waals surface area contributed by atoms with Crippen molar-refractivity contribution in [1.82, 2.24) is 10.2 Å². The monoisotopic (exact) mass is 454 g/mol. The van der Waals surface area contributed by atoms with E-state index in [-0.39, 0.29) is 36.4 Å². The molecular weight excluding hydrogens is 429 g/mol. The molecule has 0 radical (unpaired) electrons. The minimum absolute atomic E-state index is 0. The van der Waals surface area contributed by atoms with E-state index in [0.717, 1.165) is 31.4 Å². The van der Waals surface area contributed by atoms with Crippen molar-refractivity contribution in [2.45, 2.75) is 51.0 Å². The first-order valence-electron chi connectivity index (χ1n) is 8.87. The average Bonchev–Trinajstić information content (AvgIpc) is 2.57. The van der Waals surface area contributed by atoms with Crippen molar-refractivity contribution in [3.63, 3.8) is 0 Å². The summed E-state index contributed by atoms with van der Waals surface area (Å²) in [4.78, 5) is 1.99. The van der Waals surface area contributed by atoms with E-state index in [2.05, 4.69) is 5.32 Å². The van der Waals surface area contributed by atoms with Crippen molar-refractivity contribution < 1.29 is 26.3 Å². The van der Waals surface area contributed by atoms with Crippen LogP contribution in [0, 0.1) is 0 Å². The van der Waals surface area contributed by atoms with Crippen LogP contribution in [-0.4, -0.2) is 31.1 Å². The average molecular weight is 455 g/mol. The first kappa shape index (κ1) is 27.3. The third-order valence-corrected chi connectivity index (χ3v) is 4.67. The van der Waals surface area contributed by atoms with Crippen LogP contribution in [0.4, 0.5) is 26.3 Å². The van der Waals surface area contributed by atoms with Crippen molar-refractivity contribution in [1.29, 1.82) is 0 Å². The number of hydrogen-bond acceptors (Lipinski definition) is 2. The summed E-state index contributed by atoms with van der Waals surface area (Å²) in [5, 5.41) is 3.16. The smallest absolute Gasteiger partial charge is 0.314 e. The van der Waals surface area contributed by atoms with Crippen LogP contribution in [0.15, 0.2) is 18.2 Å². The van der Waals surface area contributed by atoms with Gasteiger partial charge in [-0.25, -0.2) is 0 Å². The van der Waals surface area contributed by atoms with Gasteiger partial charge >= 0.3 is 12.4 Å². The van der Waals surface area contributed by atoms with Crippen molar-refractivity contribution in [2.75, 3.05) is 26.2 Å². The fourth-order valence-electron chi connectivity index (χ4n) is 3.31. The lowest BCUT2D eigenvalue weighted by Gasteiger charge is -2.36. The van der Waals surface area contributed by atoms with E-state index in [9.17, 15) is 26.3 Å². The highest BCUT2D eigenvalue weighted by Gasteiger charge is 2.38. The second-order valence-corrected chi connectivity index (χ2v) is 6.64. The van der Waals surface area contributed by atoms with Crippen LogP contribution in [-0.2, 0) is 12.4 Å². The van der Waals surface area contributed by atoms with Gasteiger partial charge in [0.2, 0.25) is 0 Å². The molecule has 28 heavy (non-hydrogen) atoms. The Morgan fingerprint density at radius 2 is 1.39 bits per heavy atom. The summed E-state index contributed by atoms with van der Waals surface area (Å²) in [7, 11) is 0. The second kappa shape index (κ2) is 11.5. The standard InChI is InChI=1S/C18H24F6N2.2ClH/c1-2-3-4-5-16(26-8-6-25-7-9-26)13-10-14(17(19,20)21)12-15(11-13)18(22,23)24;;/h10-12,16,25H,2-9H2,1H3;2*1H/t16-;;/m0../s1. The van der Waals surface area contributed by atoms with E-state index < -0.39 is 29.5 Å². The molecule has 1 N–H and O–H groups in total. The van der Waals surface area contributed by atoms with Crippen molar-refractivity contribution in [3.8, 4) is 0 Å². The number of nitrogens with zero attached hydrogens (tertiary/aromatic N) is 1. The second-order valence-electron chi connectivity index (χ2n) is 6.64. The highest BCUT2D eigenvalue weighted by molar-refractivity contribution is 5.85. The topological polar surface area (TPSA) is 15.3 Å². The van der Waals surface area contributed by atoms with Crippen LogP contribution in [0.25, 0.3) is 0 Å². The van der Waals surface area contributed by atoms with Gasteiger partial charge in [-0.15, -0.1) is 24.8 Å². The number of alkyl halides is 6. The van der Waals surface area contributed by atoms with Crippen LogP contribution < -0.4 is 5.32 Å². The van der Waals surface area contributed by atoms with Crippen molar-refractivity contribution >= 4 is 24.8 Å². The molecule has 1 aliphatic heterocycles. The fraction of sp³-hybridized carbons (Fsp3) is 0.667. The number of hydrogen-bond donors (Lipinski definition) is 1. The molecule has 1 atom stereocenters. The molecule has 0 aliphatic carbocycles. The molecule has 0 saturated carbocycles. The molecule has 164 valence electrons. The lowest BCUT2D eigenvalue weighted by atomic mass is 9.94. The largest absolute Gasteiger partial charge is 0.416 e. The van der Waals surface area contributed by atoms with E-state index in [1.54, 1.807) is 0 Å². The maximum atomic E-state index is 13.2. The zero-order chi connectivity index (χ0) is 19.4. The Labute approximate surface area is 173 Å². The van der Waals surface area contributed by atoms with Gasteiger partial charge in [-0.1, -0.05) is 26.2 Å². The van der Waals surface area contributed by atoms with Gasteiger partial charge in [0.15, 0.2) is 0 Å². The van der Waals surface area contributed by atoms with Crippen LogP contribution in [0.1, 0.15) is 55.3 Å². The Hall–Kier alpha value is -0.700. The van der Waals surface area contributed by atoms with Gasteiger partial charge < -0.3 is 5.32 Å². The van der Waals surface area contributed by atoms with Crippen LogP contribution in [0.5, 0.6) is 0 Å². The van der Waals surface area contributed by atoms with Crippen molar-refractivity contribution in [2.24, 2.45) is 0 Å². The fourth-order valence-corrected chi connectivity index (χ4v) is 3.31. The predicted molar refractivity (Wildman–Crippen MR) is 102 cm³/mol. The molecule has 1 heterocycles. The van der Waals surface area contributed by atoms with Gasteiger partial charge in [-0.2, -0.15) is 26.3 Å². The summed E-state index contributed by atoms with van der Waals surface area (Å²) in [5.41, 5.74) is -2.37. The number of piperazine rings is 1. The van der Waals surface area contributed by atoms with E-state index in [0.29, 0.717) is 32.6 Å². The Morgan fingerprint density at radius 1 is 0.893 bits per heavy atom. The Balaban J connectivity index is 0.00000364. The first-order chi connectivity index (χ1) is 12.1. The van der Waals surface area contributed by atoms with Crippen molar-refractivity contribution in [3.05, 3.63) is 34.9 Å². The van der Waals surface area contributed by atoms with Gasteiger partial charge in [0.25, 0.3) is 0 Å². The first-order valence-corrected chi connectivity index (χ1v) is 8.87. The maximum absolute atomic E-state index is 13.2. The summed E-state index contributed by atoms with van der Waals surface area (Å²) < 4.78 is 78.9. The molecule has 0 spiro atoms. The molecule has 1 aromatic rings. The number of unbranched alkanes of at least 4 members (excludes halogenated alkanes) is 2. The number of benzene rings is 1. The number of rotatable bonds is 6. The summed E-state index contributed by atoms with van der Waals surface area (Å²) in [6, 6.07) is 1.53. The molecular formula is C18H26Cl2F6N2. The highest BCUT2D eigenvalue weighted by atomic mass is 35.5.